The van der Waals surface area contributed by atoms with Gasteiger partial charge in [-0.05, 0) is 43.5 Å². The molecule has 4 heterocycles. The first kappa shape index (κ1) is 23.7. The van der Waals surface area contributed by atoms with Crippen molar-refractivity contribution in [1.29, 1.82) is 0 Å². The molecular formula is C21H26F3N5O3. The number of halogens is 3. The predicted molar refractivity (Wildman–Crippen MR) is 108 cm³/mol. The van der Waals surface area contributed by atoms with E-state index in [1.165, 1.54) is 5.56 Å². The van der Waals surface area contributed by atoms with Gasteiger partial charge in [-0.15, -0.1) is 0 Å². The normalized spacial score (nSPS) is 21.5. The number of aryl methyl sites for hydroxylation is 1. The van der Waals surface area contributed by atoms with Gasteiger partial charge in [0, 0.05) is 57.3 Å². The van der Waals surface area contributed by atoms with Crippen LogP contribution in [0.25, 0.3) is 0 Å². The van der Waals surface area contributed by atoms with Gasteiger partial charge < -0.3 is 10.0 Å². The van der Waals surface area contributed by atoms with Crippen molar-refractivity contribution in [3.05, 3.63) is 48.0 Å². The van der Waals surface area contributed by atoms with E-state index >= 15 is 0 Å². The second-order valence-corrected chi connectivity index (χ2v) is 8.20. The van der Waals surface area contributed by atoms with Crippen LogP contribution < -0.4 is 0 Å². The number of hydrogen-bond acceptors (Lipinski definition) is 5. The van der Waals surface area contributed by atoms with Crippen molar-refractivity contribution < 1.29 is 27.9 Å². The third kappa shape index (κ3) is 5.84. The van der Waals surface area contributed by atoms with Crippen LogP contribution in [0.2, 0.25) is 0 Å². The Hall–Kier alpha value is -2.95. The van der Waals surface area contributed by atoms with E-state index in [-0.39, 0.29) is 5.54 Å². The molecule has 2 aliphatic heterocycles. The van der Waals surface area contributed by atoms with Gasteiger partial charge in [-0.2, -0.15) is 18.3 Å². The molecule has 1 unspecified atom stereocenters. The second-order valence-electron chi connectivity index (χ2n) is 8.20. The number of carbonyl (C=O) groups excluding carboxylic acids is 1. The maximum absolute atomic E-state index is 12.6. The Labute approximate surface area is 183 Å². The molecule has 0 radical (unpaired) electrons. The molecule has 4 rings (SSSR count). The number of aromatic nitrogens is 3. The summed E-state index contributed by atoms with van der Waals surface area (Å²) < 4.78 is 33.6. The van der Waals surface area contributed by atoms with Crippen molar-refractivity contribution in [3.63, 3.8) is 0 Å². The van der Waals surface area contributed by atoms with E-state index in [0.29, 0.717) is 18.9 Å². The molecule has 0 aromatic carbocycles. The van der Waals surface area contributed by atoms with Gasteiger partial charge >= 0.3 is 12.1 Å². The molecule has 0 saturated carbocycles. The number of rotatable bonds is 4. The van der Waals surface area contributed by atoms with Crippen LogP contribution in [0.3, 0.4) is 0 Å². The van der Waals surface area contributed by atoms with Crippen molar-refractivity contribution in [3.8, 4) is 0 Å². The molecule has 2 aliphatic rings. The fourth-order valence-corrected chi connectivity index (χ4v) is 4.38. The Bertz CT molecular complexity index is 934. The van der Waals surface area contributed by atoms with E-state index in [1.807, 2.05) is 30.1 Å². The predicted octanol–water partition coefficient (Wildman–Crippen LogP) is 2.61. The molecule has 1 atom stereocenters. The van der Waals surface area contributed by atoms with E-state index < -0.39 is 12.1 Å². The van der Waals surface area contributed by atoms with Gasteiger partial charge in [0.2, 0.25) is 5.91 Å². The molecule has 2 fully saturated rings. The number of alkyl halides is 3. The van der Waals surface area contributed by atoms with Crippen LogP contribution in [0.15, 0.2) is 36.9 Å². The molecule has 1 N–H and O–H groups in total. The molecule has 11 heteroatoms. The van der Waals surface area contributed by atoms with Crippen molar-refractivity contribution in [2.45, 2.75) is 50.5 Å². The van der Waals surface area contributed by atoms with E-state index in [9.17, 15) is 18.0 Å². The van der Waals surface area contributed by atoms with Crippen LogP contribution in [-0.2, 0) is 29.7 Å². The highest BCUT2D eigenvalue weighted by molar-refractivity contribution is 5.79. The van der Waals surface area contributed by atoms with Crippen LogP contribution in [0.1, 0.15) is 36.8 Å². The minimum Gasteiger partial charge on any atom is -0.475 e. The van der Waals surface area contributed by atoms with Gasteiger partial charge in [-0.3, -0.25) is 19.4 Å². The van der Waals surface area contributed by atoms with E-state index in [1.54, 1.807) is 12.4 Å². The Morgan fingerprint density at radius 2 is 1.88 bits per heavy atom. The van der Waals surface area contributed by atoms with Crippen molar-refractivity contribution in [1.82, 2.24) is 24.6 Å². The quantitative estimate of drug-likeness (QED) is 0.765. The summed E-state index contributed by atoms with van der Waals surface area (Å²) in [5.74, 6) is -2.47. The molecule has 8 nitrogen and oxygen atoms in total. The lowest BCUT2D eigenvalue weighted by Gasteiger charge is -2.46. The first-order chi connectivity index (χ1) is 15.1. The SMILES string of the molecule is Cn1cc(CN2CCCC3(CCC(=O)N3Cc3ccncc3)C2)cn1.O=C(O)C(F)(F)F. The lowest BCUT2D eigenvalue weighted by Crippen LogP contribution is -2.55. The molecule has 2 aromatic heterocycles. The number of aliphatic carboxylic acids is 1. The van der Waals surface area contributed by atoms with Crippen molar-refractivity contribution in [2.75, 3.05) is 13.1 Å². The van der Waals surface area contributed by atoms with Crippen LogP contribution in [0.5, 0.6) is 0 Å². The molecule has 0 aliphatic carbocycles. The summed E-state index contributed by atoms with van der Waals surface area (Å²) in [6, 6.07) is 4.02. The topological polar surface area (TPSA) is 91.6 Å². The number of carboxylic acids is 1. The summed E-state index contributed by atoms with van der Waals surface area (Å²) in [6.45, 7) is 3.65. The summed E-state index contributed by atoms with van der Waals surface area (Å²) >= 11 is 0. The van der Waals surface area contributed by atoms with Gasteiger partial charge in [0.05, 0.1) is 11.7 Å². The summed E-state index contributed by atoms with van der Waals surface area (Å²) in [4.78, 5) is 30.2. The summed E-state index contributed by atoms with van der Waals surface area (Å²) in [7, 11) is 1.95. The second kappa shape index (κ2) is 9.68. The Morgan fingerprint density at radius 1 is 1.19 bits per heavy atom. The molecule has 174 valence electrons. The number of hydrogen-bond donors (Lipinski definition) is 1. The van der Waals surface area contributed by atoms with Crippen LogP contribution >= 0.6 is 0 Å². The van der Waals surface area contributed by atoms with Crippen LogP contribution in [0, 0.1) is 0 Å². The smallest absolute Gasteiger partial charge is 0.475 e. The number of amides is 1. The molecular weight excluding hydrogens is 427 g/mol. The molecule has 2 saturated heterocycles. The zero-order valence-electron chi connectivity index (χ0n) is 17.8. The van der Waals surface area contributed by atoms with Gasteiger partial charge in [-0.25, -0.2) is 4.79 Å². The number of carboxylic acid groups (broad SMARTS) is 1. The average Bonchev–Trinajstić information content (AvgIpc) is 3.27. The van der Waals surface area contributed by atoms with Gasteiger partial charge in [0.15, 0.2) is 0 Å². The minimum absolute atomic E-state index is 0.0131. The Morgan fingerprint density at radius 3 is 2.47 bits per heavy atom. The van der Waals surface area contributed by atoms with Crippen molar-refractivity contribution >= 4 is 11.9 Å². The Kier molecular flexibility index (Phi) is 7.17. The lowest BCUT2D eigenvalue weighted by molar-refractivity contribution is -0.192. The highest BCUT2D eigenvalue weighted by Gasteiger charge is 2.47. The molecule has 0 bridgehead atoms. The average molecular weight is 453 g/mol. The summed E-state index contributed by atoms with van der Waals surface area (Å²) in [5, 5.41) is 11.4. The highest BCUT2D eigenvalue weighted by Crippen LogP contribution is 2.39. The maximum Gasteiger partial charge on any atom is 0.490 e. The minimum atomic E-state index is -5.08. The third-order valence-corrected chi connectivity index (χ3v) is 5.81. The van der Waals surface area contributed by atoms with E-state index in [4.69, 9.17) is 9.90 Å². The van der Waals surface area contributed by atoms with Gasteiger partial charge in [0.1, 0.15) is 0 Å². The van der Waals surface area contributed by atoms with Crippen molar-refractivity contribution in [2.24, 2.45) is 7.05 Å². The van der Waals surface area contributed by atoms with Gasteiger partial charge in [-0.1, -0.05) is 0 Å². The van der Waals surface area contributed by atoms with E-state index in [0.717, 1.165) is 44.5 Å². The zero-order valence-corrected chi connectivity index (χ0v) is 17.8. The first-order valence-electron chi connectivity index (χ1n) is 10.3. The monoisotopic (exact) mass is 453 g/mol. The lowest BCUT2D eigenvalue weighted by atomic mass is 9.86. The summed E-state index contributed by atoms with van der Waals surface area (Å²) in [5.41, 5.74) is 2.39. The number of nitrogens with zero attached hydrogens (tertiary/aromatic N) is 5. The van der Waals surface area contributed by atoms with Gasteiger partial charge in [0.25, 0.3) is 0 Å². The zero-order chi connectivity index (χ0) is 23.4. The highest BCUT2D eigenvalue weighted by atomic mass is 19.4. The van der Waals surface area contributed by atoms with Crippen LogP contribution in [0.4, 0.5) is 13.2 Å². The Balaban J connectivity index is 0.000000360. The standard InChI is InChI=1S/C19H25N5O.C2HF3O2/c1-22-12-17(11-21-22)13-23-10-2-6-19(15-23)7-3-18(25)24(19)14-16-4-8-20-9-5-16;3-2(4,5)1(6)7/h4-5,8-9,11-12H,2-3,6-7,10,13-15H2,1H3;(H,6,7). The molecule has 1 spiro atoms. The number of likely N-dealkylation sites (tertiary alicyclic amines) is 2. The number of piperidine rings is 1. The molecule has 32 heavy (non-hydrogen) atoms. The fraction of sp³-hybridized carbons (Fsp3) is 0.524. The number of pyridine rings is 1. The van der Waals surface area contributed by atoms with Crippen LogP contribution in [-0.4, -0.2) is 66.4 Å². The number of carbonyl (C=O) groups is 2. The van der Waals surface area contributed by atoms with E-state index in [2.05, 4.69) is 26.1 Å². The largest absolute Gasteiger partial charge is 0.490 e. The first-order valence-corrected chi connectivity index (χ1v) is 10.3. The molecule has 2 aromatic rings. The summed E-state index contributed by atoms with van der Waals surface area (Å²) in [6.07, 6.45) is 6.43. The fourth-order valence-electron chi connectivity index (χ4n) is 4.38. The molecule has 1 amide bonds. The maximum atomic E-state index is 12.6. The third-order valence-electron chi connectivity index (χ3n) is 5.81.